The summed E-state index contributed by atoms with van der Waals surface area (Å²) < 4.78 is 0. The number of hydrogen-bond donors (Lipinski definition) is 0. The fourth-order valence-corrected chi connectivity index (χ4v) is 0. The van der Waals surface area contributed by atoms with E-state index in [1.54, 1.807) is 14.1 Å². The lowest BCUT2D eigenvalue weighted by Gasteiger charge is -2.02. The Kier molecular flexibility index (Phi) is 7.95. The highest BCUT2D eigenvalue weighted by Gasteiger charge is 1.87. The minimum Gasteiger partial charge on any atom is -0.349 e. The number of carbonyl (C=O) groups excluding carboxylic acids is 1. The highest BCUT2D eigenvalue weighted by atomic mass is 16.2. The van der Waals surface area contributed by atoms with Crippen LogP contribution in [0.5, 0.6) is 0 Å². The van der Waals surface area contributed by atoms with Gasteiger partial charge in [-0.25, -0.2) is 0 Å². The second-order valence-electron chi connectivity index (χ2n) is 1.41. The van der Waals surface area contributed by atoms with Crippen LogP contribution in [0, 0.1) is 0 Å². The Morgan fingerprint density at radius 3 is 1.50 bits per heavy atom. The van der Waals surface area contributed by atoms with Crippen LogP contribution in [0.25, 0.3) is 0 Å². The highest BCUT2D eigenvalue weighted by Crippen LogP contribution is 1.69. The maximum Gasteiger partial charge on any atom is 0.218 e. The van der Waals surface area contributed by atoms with Crippen LogP contribution >= 0.6 is 0 Å². The molecule has 0 aromatic heterocycles. The molecule has 0 saturated heterocycles. The van der Waals surface area contributed by atoms with Crippen LogP contribution in [0.3, 0.4) is 0 Å². The monoisotopic (exact) mass is 115 g/mol. The van der Waals surface area contributed by atoms with E-state index in [9.17, 15) is 4.79 Å². The molecule has 0 radical (unpaired) electrons. The zero-order valence-corrected chi connectivity index (χ0v) is 5.77. The maximum atomic E-state index is 10.1. The van der Waals surface area contributed by atoms with Gasteiger partial charge in [-0.3, -0.25) is 4.79 Å². The summed E-state index contributed by atoms with van der Waals surface area (Å²) in [5.41, 5.74) is 0. The predicted octanol–water partition coefficient (Wildman–Crippen LogP) is 0.897. The SMILES string of the molecule is C=C.CC(=O)N(C)C. The minimum absolute atomic E-state index is 0.0926. The first-order valence-electron chi connectivity index (χ1n) is 2.32. The van der Waals surface area contributed by atoms with Crippen LogP contribution in [-0.4, -0.2) is 24.9 Å². The van der Waals surface area contributed by atoms with Gasteiger partial charge in [0.05, 0.1) is 0 Å². The number of hydrogen-bond acceptors (Lipinski definition) is 1. The number of rotatable bonds is 0. The van der Waals surface area contributed by atoms with Crippen molar-refractivity contribution in [3.63, 3.8) is 0 Å². The maximum absolute atomic E-state index is 10.1. The third kappa shape index (κ3) is 8.96. The van der Waals surface area contributed by atoms with Crippen LogP contribution in [-0.2, 0) is 4.79 Å². The molecule has 0 heterocycles. The third-order valence-corrected chi connectivity index (χ3v) is 0.630. The van der Waals surface area contributed by atoms with E-state index in [4.69, 9.17) is 0 Å². The lowest BCUT2D eigenvalue weighted by atomic mass is 10.7. The third-order valence-electron chi connectivity index (χ3n) is 0.630. The van der Waals surface area contributed by atoms with Crippen molar-refractivity contribution in [3.8, 4) is 0 Å². The summed E-state index contributed by atoms with van der Waals surface area (Å²) in [6, 6.07) is 0. The second kappa shape index (κ2) is 6.21. The first kappa shape index (κ1) is 10.2. The van der Waals surface area contributed by atoms with Gasteiger partial charge in [-0.05, 0) is 0 Å². The summed E-state index contributed by atoms with van der Waals surface area (Å²) in [5, 5.41) is 0. The first-order chi connectivity index (χ1) is 3.64. The summed E-state index contributed by atoms with van der Waals surface area (Å²) in [6.45, 7) is 7.53. The van der Waals surface area contributed by atoms with E-state index in [1.165, 1.54) is 11.8 Å². The lowest BCUT2D eigenvalue weighted by molar-refractivity contribution is -0.126. The minimum atomic E-state index is 0.0926. The Balaban J connectivity index is 0. The van der Waals surface area contributed by atoms with Crippen molar-refractivity contribution < 1.29 is 4.79 Å². The standard InChI is InChI=1S/C4H9NO.C2H4/c1-4(6)5(2)3;1-2/h1-3H3;1-2H2. The number of carbonyl (C=O) groups is 1. The van der Waals surface area contributed by atoms with Gasteiger partial charge in [0.15, 0.2) is 0 Å². The van der Waals surface area contributed by atoms with Crippen LogP contribution in [0.2, 0.25) is 0 Å². The van der Waals surface area contributed by atoms with Gasteiger partial charge in [0.25, 0.3) is 0 Å². The highest BCUT2D eigenvalue weighted by molar-refractivity contribution is 5.72. The van der Waals surface area contributed by atoms with Gasteiger partial charge in [0.2, 0.25) is 5.91 Å². The number of amides is 1. The van der Waals surface area contributed by atoms with Gasteiger partial charge < -0.3 is 4.90 Å². The molecule has 8 heavy (non-hydrogen) atoms. The normalized spacial score (nSPS) is 6.38. The van der Waals surface area contributed by atoms with Crippen LogP contribution in [0.15, 0.2) is 13.2 Å². The molecule has 0 fully saturated rings. The van der Waals surface area contributed by atoms with E-state index in [-0.39, 0.29) is 5.91 Å². The zero-order chi connectivity index (χ0) is 7.15. The Morgan fingerprint density at radius 1 is 1.38 bits per heavy atom. The summed E-state index contributed by atoms with van der Waals surface area (Å²) in [5.74, 6) is 0.0926. The van der Waals surface area contributed by atoms with Gasteiger partial charge in [0.1, 0.15) is 0 Å². The van der Waals surface area contributed by atoms with Crippen molar-refractivity contribution >= 4 is 5.91 Å². The van der Waals surface area contributed by atoms with E-state index in [0.717, 1.165) is 0 Å². The molecule has 48 valence electrons. The predicted molar refractivity (Wildman–Crippen MR) is 35.6 cm³/mol. The molecule has 0 aromatic rings. The number of nitrogens with zero attached hydrogens (tertiary/aromatic N) is 1. The zero-order valence-electron chi connectivity index (χ0n) is 5.77. The van der Waals surface area contributed by atoms with Crippen molar-refractivity contribution in [1.29, 1.82) is 0 Å². The van der Waals surface area contributed by atoms with Gasteiger partial charge in [0, 0.05) is 21.0 Å². The molecule has 1 amide bonds. The van der Waals surface area contributed by atoms with Crippen LogP contribution in [0.4, 0.5) is 0 Å². The average Bonchev–Trinajstić information content (AvgIpc) is 1.72. The first-order valence-corrected chi connectivity index (χ1v) is 2.32. The average molecular weight is 115 g/mol. The molecule has 0 aliphatic carbocycles. The Morgan fingerprint density at radius 2 is 1.50 bits per heavy atom. The molecular weight excluding hydrogens is 102 g/mol. The molecule has 0 N–H and O–H groups in total. The molecule has 0 atom stereocenters. The summed E-state index contributed by atoms with van der Waals surface area (Å²) >= 11 is 0. The second-order valence-corrected chi connectivity index (χ2v) is 1.41. The van der Waals surface area contributed by atoms with E-state index < -0.39 is 0 Å². The Labute approximate surface area is 50.8 Å². The van der Waals surface area contributed by atoms with Gasteiger partial charge in [-0.15, -0.1) is 13.2 Å². The summed E-state index contributed by atoms with van der Waals surface area (Å²) in [4.78, 5) is 11.6. The molecule has 0 aliphatic rings. The smallest absolute Gasteiger partial charge is 0.218 e. The molecule has 2 heteroatoms. The topological polar surface area (TPSA) is 20.3 Å². The largest absolute Gasteiger partial charge is 0.349 e. The van der Waals surface area contributed by atoms with Crippen molar-refractivity contribution in [2.24, 2.45) is 0 Å². The fourth-order valence-electron chi connectivity index (χ4n) is 0. The molecule has 0 spiro atoms. The Hall–Kier alpha value is -0.790. The van der Waals surface area contributed by atoms with Crippen LogP contribution < -0.4 is 0 Å². The van der Waals surface area contributed by atoms with Crippen molar-refractivity contribution in [2.45, 2.75) is 6.92 Å². The van der Waals surface area contributed by atoms with Crippen molar-refractivity contribution in [2.75, 3.05) is 14.1 Å². The summed E-state index contributed by atoms with van der Waals surface area (Å²) in [7, 11) is 3.45. The van der Waals surface area contributed by atoms with Gasteiger partial charge in [-0.1, -0.05) is 0 Å². The van der Waals surface area contributed by atoms with Crippen molar-refractivity contribution in [1.82, 2.24) is 4.90 Å². The molecule has 0 rings (SSSR count). The molecule has 0 aliphatic heterocycles. The van der Waals surface area contributed by atoms with Crippen LogP contribution in [0.1, 0.15) is 6.92 Å². The van der Waals surface area contributed by atoms with E-state index >= 15 is 0 Å². The van der Waals surface area contributed by atoms with E-state index in [0.29, 0.717) is 0 Å². The Bertz CT molecular complexity index is 68.9. The van der Waals surface area contributed by atoms with Gasteiger partial charge in [-0.2, -0.15) is 0 Å². The molecule has 0 unspecified atom stereocenters. The van der Waals surface area contributed by atoms with Crippen molar-refractivity contribution in [3.05, 3.63) is 13.2 Å². The van der Waals surface area contributed by atoms with E-state index in [1.807, 2.05) is 0 Å². The molecule has 0 aromatic carbocycles. The van der Waals surface area contributed by atoms with Gasteiger partial charge >= 0.3 is 0 Å². The molecule has 0 bridgehead atoms. The fraction of sp³-hybridized carbons (Fsp3) is 0.500. The molecule has 2 nitrogen and oxygen atoms in total. The molecule has 0 saturated carbocycles. The lowest BCUT2D eigenvalue weighted by Crippen LogP contribution is -2.17. The molecular formula is C6H13NO. The quantitative estimate of drug-likeness (QED) is 0.429. The summed E-state index contributed by atoms with van der Waals surface area (Å²) in [6.07, 6.45) is 0. The van der Waals surface area contributed by atoms with E-state index in [2.05, 4.69) is 13.2 Å².